The molecule has 5 nitrogen and oxygen atoms in total. The summed E-state index contributed by atoms with van der Waals surface area (Å²) in [6.07, 6.45) is -0.696. The van der Waals surface area contributed by atoms with Crippen LogP contribution in [0.4, 0.5) is 14.5 Å². The van der Waals surface area contributed by atoms with Crippen LogP contribution >= 0.6 is 0 Å². The van der Waals surface area contributed by atoms with Crippen LogP contribution in [0.5, 0.6) is 5.75 Å². The molecular weight excluding hydrogens is 294 g/mol. The van der Waals surface area contributed by atoms with Gasteiger partial charge in [0.1, 0.15) is 35.1 Å². The Bertz CT molecular complexity index is 752. The van der Waals surface area contributed by atoms with Gasteiger partial charge in [-0.2, -0.15) is 5.26 Å². The Labute approximate surface area is 124 Å². The van der Waals surface area contributed by atoms with Crippen LogP contribution in [0.1, 0.15) is 24.2 Å². The fraction of sp³-hybridized carbons (Fsp3) is 0.133. The van der Waals surface area contributed by atoms with Gasteiger partial charge >= 0.3 is 0 Å². The van der Waals surface area contributed by atoms with E-state index in [-0.39, 0.29) is 22.6 Å². The first-order chi connectivity index (χ1) is 10.4. The molecule has 2 rings (SSSR count). The molecule has 2 aromatic rings. The summed E-state index contributed by atoms with van der Waals surface area (Å²) in [4.78, 5) is 10.1. The maximum absolute atomic E-state index is 13.2. The third-order valence-corrected chi connectivity index (χ3v) is 2.95. The van der Waals surface area contributed by atoms with Crippen LogP contribution in [-0.4, -0.2) is 4.92 Å². The molecule has 0 amide bonds. The predicted octanol–water partition coefficient (Wildman–Crippen LogP) is 3.88. The first-order valence-electron chi connectivity index (χ1n) is 6.22. The second kappa shape index (κ2) is 6.18. The zero-order valence-corrected chi connectivity index (χ0v) is 11.4. The second-order valence-electron chi connectivity index (χ2n) is 4.51. The lowest BCUT2D eigenvalue weighted by atomic mass is 10.1. The van der Waals surface area contributed by atoms with E-state index in [1.807, 2.05) is 0 Å². The highest BCUT2D eigenvalue weighted by Gasteiger charge is 2.16. The number of hydrogen-bond acceptors (Lipinski definition) is 4. The number of benzene rings is 2. The molecule has 0 aliphatic rings. The lowest BCUT2D eigenvalue weighted by Crippen LogP contribution is -2.05. The van der Waals surface area contributed by atoms with E-state index in [1.54, 1.807) is 13.0 Å². The maximum atomic E-state index is 13.2. The monoisotopic (exact) mass is 304 g/mol. The molecule has 0 fully saturated rings. The van der Waals surface area contributed by atoms with Crippen molar-refractivity contribution in [3.8, 4) is 11.8 Å². The third kappa shape index (κ3) is 3.35. The normalized spacial score (nSPS) is 11.5. The average molecular weight is 304 g/mol. The van der Waals surface area contributed by atoms with Crippen LogP contribution in [0.2, 0.25) is 0 Å². The van der Waals surface area contributed by atoms with Gasteiger partial charge in [-0.3, -0.25) is 10.1 Å². The molecule has 7 heteroatoms. The van der Waals surface area contributed by atoms with Crippen LogP contribution in [0.15, 0.2) is 36.4 Å². The van der Waals surface area contributed by atoms with E-state index in [0.29, 0.717) is 0 Å². The van der Waals surface area contributed by atoms with Crippen molar-refractivity contribution in [2.24, 2.45) is 0 Å². The van der Waals surface area contributed by atoms with E-state index >= 15 is 0 Å². The van der Waals surface area contributed by atoms with Gasteiger partial charge in [-0.1, -0.05) is 0 Å². The number of nitriles is 1. The average Bonchev–Trinajstić information content (AvgIpc) is 2.45. The minimum absolute atomic E-state index is 0.153. The van der Waals surface area contributed by atoms with E-state index in [2.05, 4.69) is 0 Å². The molecule has 0 aliphatic heterocycles. The van der Waals surface area contributed by atoms with E-state index in [1.165, 1.54) is 12.1 Å². The number of rotatable bonds is 4. The molecule has 0 heterocycles. The summed E-state index contributed by atoms with van der Waals surface area (Å²) in [5.74, 6) is -1.27. The highest BCUT2D eigenvalue weighted by atomic mass is 19.1. The number of ether oxygens (including phenoxy) is 1. The molecule has 0 spiro atoms. The van der Waals surface area contributed by atoms with Crippen LogP contribution in [0.3, 0.4) is 0 Å². The first-order valence-corrected chi connectivity index (χ1v) is 6.22. The van der Waals surface area contributed by atoms with Gasteiger partial charge in [0, 0.05) is 18.2 Å². The Morgan fingerprint density at radius 2 is 1.86 bits per heavy atom. The van der Waals surface area contributed by atoms with Crippen molar-refractivity contribution in [2.45, 2.75) is 13.0 Å². The molecule has 1 unspecified atom stereocenters. The molecule has 0 saturated heterocycles. The highest BCUT2D eigenvalue weighted by molar-refractivity contribution is 5.52. The van der Waals surface area contributed by atoms with Crippen molar-refractivity contribution in [1.29, 1.82) is 5.26 Å². The smallest absolute Gasteiger partial charge is 0.287 e. The minimum atomic E-state index is -0.730. The zero-order chi connectivity index (χ0) is 16.3. The molecule has 112 valence electrons. The number of nitro benzene ring substituents is 1. The topological polar surface area (TPSA) is 76.2 Å². The molecular formula is C15H10F2N2O3. The van der Waals surface area contributed by atoms with Crippen LogP contribution in [-0.2, 0) is 0 Å². The first kappa shape index (κ1) is 15.4. The predicted molar refractivity (Wildman–Crippen MR) is 73.2 cm³/mol. The summed E-state index contributed by atoms with van der Waals surface area (Å²) in [6, 6.07) is 8.39. The van der Waals surface area contributed by atoms with Crippen LogP contribution in [0.25, 0.3) is 0 Å². The summed E-state index contributed by atoms with van der Waals surface area (Å²) < 4.78 is 31.8. The second-order valence-corrected chi connectivity index (χ2v) is 4.51. The molecule has 1 atom stereocenters. The Balaban J connectivity index is 2.27. The van der Waals surface area contributed by atoms with Gasteiger partial charge in [-0.05, 0) is 30.7 Å². The zero-order valence-electron chi connectivity index (χ0n) is 11.4. The quantitative estimate of drug-likeness (QED) is 0.634. The lowest BCUT2D eigenvalue weighted by Gasteiger charge is -2.15. The number of hydrogen-bond donors (Lipinski definition) is 0. The van der Waals surface area contributed by atoms with Crippen molar-refractivity contribution in [3.63, 3.8) is 0 Å². The van der Waals surface area contributed by atoms with Crippen LogP contribution < -0.4 is 4.74 Å². The van der Waals surface area contributed by atoms with Gasteiger partial charge in [0.15, 0.2) is 0 Å². The fourth-order valence-electron chi connectivity index (χ4n) is 1.92. The Hall–Kier alpha value is -3.01. The molecule has 0 aliphatic carbocycles. The van der Waals surface area contributed by atoms with Crippen molar-refractivity contribution >= 4 is 5.69 Å². The van der Waals surface area contributed by atoms with Gasteiger partial charge < -0.3 is 4.74 Å². The minimum Gasteiger partial charge on any atom is -0.486 e. The fourth-order valence-corrected chi connectivity index (χ4v) is 1.92. The highest BCUT2D eigenvalue weighted by Crippen LogP contribution is 2.27. The van der Waals surface area contributed by atoms with Gasteiger partial charge in [0.05, 0.1) is 4.92 Å². The van der Waals surface area contributed by atoms with E-state index in [9.17, 15) is 18.9 Å². The van der Waals surface area contributed by atoms with Gasteiger partial charge in [-0.15, -0.1) is 0 Å². The Morgan fingerprint density at radius 1 is 1.23 bits per heavy atom. The molecule has 22 heavy (non-hydrogen) atoms. The maximum Gasteiger partial charge on any atom is 0.287 e. The van der Waals surface area contributed by atoms with Crippen molar-refractivity contribution < 1.29 is 18.4 Å². The van der Waals surface area contributed by atoms with Crippen molar-refractivity contribution in [2.75, 3.05) is 0 Å². The molecule has 0 aromatic heterocycles. The SMILES string of the molecule is CC(Oc1ccc([N+](=O)[O-])c(C#N)c1)c1cc(F)cc(F)c1. The van der Waals surface area contributed by atoms with Gasteiger partial charge in [0.25, 0.3) is 5.69 Å². The molecule has 0 radical (unpaired) electrons. The van der Waals surface area contributed by atoms with E-state index < -0.39 is 22.7 Å². The Kier molecular flexibility index (Phi) is 4.32. The molecule has 0 N–H and O–H groups in total. The summed E-state index contributed by atoms with van der Waals surface area (Å²) in [7, 11) is 0. The van der Waals surface area contributed by atoms with E-state index in [0.717, 1.165) is 24.3 Å². The van der Waals surface area contributed by atoms with E-state index in [4.69, 9.17) is 10.00 Å². The van der Waals surface area contributed by atoms with Crippen LogP contribution in [0, 0.1) is 33.1 Å². The summed E-state index contributed by atoms with van der Waals surface area (Å²) in [5.41, 5.74) is -0.214. The molecule has 2 aromatic carbocycles. The van der Waals surface area contributed by atoms with Crippen molar-refractivity contribution in [3.05, 3.63) is 69.3 Å². The van der Waals surface area contributed by atoms with Gasteiger partial charge in [0.2, 0.25) is 0 Å². The molecule has 0 bridgehead atoms. The largest absolute Gasteiger partial charge is 0.486 e. The Morgan fingerprint density at radius 3 is 2.41 bits per heavy atom. The number of nitro groups is 1. The summed E-state index contributed by atoms with van der Waals surface area (Å²) in [5, 5.41) is 19.6. The standard InChI is InChI=1S/C15H10F2N2O3/c1-9(10-4-12(16)7-13(17)5-10)22-14-2-3-15(19(20)21)11(6-14)8-18/h2-7,9H,1H3. The number of nitrogens with zero attached hydrogens (tertiary/aromatic N) is 2. The number of halogens is 2. The third-order valence-electron chi connectivity index (χ3n) is 2.95. The van der Waals surface area contributed by atoms with Crippen molar-refractivity contribution in [1.82, 2.24) is 0 Å². The summed E-state index contributed by atoms with van der Waals surface area (Å²) in [6.45, 7) is 1.57. The molecule has 0 saturated carbocycles. The van der Waals surface area contributed by atoms with Gasteiger partial charge in [-0.25, -0.2) is 8.78 Å². The summed E-state index contributed by atoms with van der Waals surface area (Å²) >= 11 is 0. The lowest BCUT2D eigenvalue weighted by molar-refractivity contribution is -0.385.